The van der Waals surface area contributed by atoms with Crippen LogP contribution in [0.1, 0.15) is 33.1 Å². The highest BCUT2D eigenvalue weighted by atomic mass is 16.2. The Hall–Kier alpha value is -2.04. The molecule has 2 aromatic rings. The molecule has 124 valence electrons. The maximum Gasteiger partial charge on any atom is 0.222 e. The number of para-hydroxylation sites is 2. The maximum atomic E-state index is 12.2. The highest BCUT2D eigenvalue weighted by Crippen LogP contribution is 2.23. The molecule has 1 aliphatic heterocycles. The molecular weight excluding hydrogens is 288 g/mol. The van der Waals surface area contributed by atoms with Crippen LogP contribution in [0.5, 0.6) is 0 Å². The van der Waals surface area contributed by atoms with Crippen LogP contribution in [-0.4, -0.2) is 46.5 Å². The van der Waals surface area contributed by atoms with Gasteiger partial charge in [0.05, 0.1) is 11.0 Å². The van der Waals surface area contributed by atoms with E-state index in [0.717, 1.165) is 57.0 Å². The minimum atomic E-state index is 0.301. The smallest absolute Gasteiger partial charge is 0.222 e. The molecule has 0 radical (unpaired) electrons. The van der Waals surface area contributed by atoms with Crippen molar-refractivity contribution in [2.24, 2.45) is 0 Å². The van der Waals surface area contributed by atoms with Crippen molar-refractivity contribution in [1.82, 2.24) is 14.5 Å². The molecule has 5 heteroatoms. The monoisotopic (exact) mass is 314 g/mol. The highest BCUT2D eigenvalue weighted by Gasteiger charge is 2.24. The second kappa shape index (κ2) is 7.02. The Bertz CT molecular complexity index is 671. The van der Waals surface area contributed by atoms with Gasteiger partial charge >= 0.3 is 0 Å². The molecule has 1 aromatic carbocycles. The summed E-state index contributed by atoms with van der Waals surface area (Å²) in [5, 5.41) is 0. The van der Waals surface area contributed by atoms with Gasteiger partial charge in [0, 0.05) is 39.1 Å². The van der Waals surface area contributed by atoms with Gasteiger partial charge in [-0.3, -0.25) is 4.79 Å². The van der Waals surface area contributed by atoms with Gasteiger partial charge < -0.3 is 14.4 Å². The Kier molecular flexibility index (Phi) is 4.84. The van der Waals surface area contributed by atoms with Crippen molar-refractivity contribution in [2.75, 3.05) is 31.1 Å². The molecule has 0 atom stereocenters. The Morgan fingerprint density at radius 2 is 1.87 bits per heavy atom. The lowest BCUT2D eigenvalue weighted by molar-refractivity contribution is -0.131. The summed E-state index contributed by atoms with van der Waals surface area (Å²) < 4.78 is 2.27. The van der Waals surface area contributed by atoms with Crippen LogP contribution in [0.4, 0.5) is 5.95 Å². The first-order valence-electron chi connectivity index (χ1n) is 8.72. The van der Waals surface area contributed by atoms with Crippen LogP contribution in [0, 0.1) is 0 Å². The average molecular weight is 314 g/mol. The summed E-state index contributed by atoms with van der Waals surface area (Å²) in [5.41, 5.74) is 2.23. The summed E-state index contributed by atoms with van der Waals surface area (Å²) in [7, 11) is 0. The van der Waals surface area contributed by atoms with Gasteiger partial charge in [-0.05, 0) is 25.5 Å². The number of hydrogen-bond acceptors (Lipinski definition) is 3. The van der Waals surface area contributed by atoms with Gasteiger partial charge in [0.2, 0.25) is 11.9 Å². The lowest BCUT2D eigenvalue weighted by Gasteiger charge is -2.35. The van der Waals surface area contributed by atoms with Crippen molar-refractivity contribution in [2.45, 2.75) is 39.7 Å². The third-order valence-corrected chi connectivity index (χ3v) is 4.61. The van der Waals surface area contributed by atoms with Crippen LogP contribution in [-0.2, 0) is 11.3 Å². The molecule has 0 aliphatic carbocycles. The van der Waals surface area contributed by atoms with Crippen LogP contribution >= 0.6 is 0 Å². The standard InChI is InChI=1S/C18H26N4O/c1-3-5-10-17(23)20-11-13-21(14-12-20)18-19-15-8-6-7-9-16(15)22(18)4-2/h6-9H,3-5,10-14H2,1-2H3. The summed E-state index contributed by atoms with van der Waals surface area (Å²) in [5.74, 6) is 1.34. The van der Waals surface area contributed by atoms with Gasteiger partial charge in [-0.25, -0.2) is 4.98 Å². The SMILES string of the molecule is CCCCC(=O)N1CCN(c2nc3ccccc3n2CC)CC1. The minimum absolute atomic E-state index is 0.301. The zero-order valence-electron chi connectivity index (χ0n) is 14.2. The number of benzene rings is 1. The number of piperazine rings is 1. The van der Waals surface area contributed by atoms with Gasteiger partial charge in [-0.2, -0.15) is 0 Å². The zero-order chi connectivity index (χ0) is 16.2. The van der Waals surface area contributed by atoms with Crippen LogP contribution in [0.15, 0.2) is 24.3 Å². The Labute approximate surface area is 137 Å². The lowest BCUT2D eigenvalue weighted by Crippen LogP contribution is -2.49. The fourth-order valence-corrected chi connectivity index (χ4v) is 3.26. The van der Waals surface area contributed by atoms with Crippen molar-refractivity contribution < 1.29 is 4.79 Å². The molecule has 0 spiro atoms. The van der Waals surface area contributed by atoms with E-state index in [-0.39, 0.29) is 0 Å². The van der Waals surface area contributed by atoms with E-state index in [1.54, 1.807) is 0 Å². The van der Waals surface area contributed by atoms with Gasteiger partial charge in [0.25, 0.3) is 0 Å². The first kappa shape index (κ1) is 15.8. The summed E-state index contributed by atoms with van der Waals surface area (Å²) in [4.78, 5) is 21.3. The second-order valence-electron chi connectivity index (χ2n) is 6.12. The number of aryl methyl sites for hydroxylation is 1. The van der Waals surface area contributed by atoms with E-state index in [0.29, 0.717) is 12.3 Å². The average Bonchev–Trinajstić information content (AvgIpc) is 2.98. The fourth-order valence-electron chi connectivity index (χ4n) is 3.26. The molecule has 1 amide bonds. The Morgan fingerprint density at radius 1 is 1.13 bits per heavy atom. The molecule has 1 aromatic heterocycles. The molecule has 1 aliphatic rings. The molecule has 0 saturated carbocycles. The molecule has 0 bridgehead atoms. The number of carbonyl (C=O) groups excluding carboxylic acids is 1. The van der Waals surface area contributed by atoms with Gasteiger partial charge in [-0.15, -0.1) is 0 Å². The van der Waals surface area contributed by atoms with Crippen molar-refractivity contribution in [1.29, 1.82) is 0 Å². The molecule has 1 fully saturated rings. The van der Waals surface area contributed by atoms with Crippen molar-refractivity contribution in [3.63, 3.8) is 0 Å². The Morgan fingerprint density at radius 3 is 2.57 bits per heavy atom. The molecule has 2 heterocycles. The molecule has 23 heavy (non-hydrogen) atoms. The lowest BCUT2D eigenvalue weighted by atomic mass is 10.2. The first-order chi connectivity index (χ1) is 11.2. The number of hydrogen-bond donors (Lipinski definition) is 0. The van der Waals surface area contributed by atoms with Crippen molar-refractivity contribution in [3.8, 4) is 0 Å². The number of rotatable bonds is 5. The van der Waals surface area contributed by atoms with E-state index in [9.17, 15) is 4.79 Å². The molecule has 1 saturated heterocycles. The molecule has 5 nitrogen and oxygen atoms in total. The number of aromatic nitrogens is 2. The zero-order valence-corrected chi connectivity index (χ0v) is 14.2. The topological polar surface area (TPSA) is 41.4 Å². The van der Waals surface area contributed by atoms with Crippen LogP contribution < -0.4 is 4.90 Å². The largest absolute Gasteiger partial charge is 0.339 e. The highest BCUT2D eigenvalue weighted by molar-refractivity contribution is 5.79. The summed E-state index contributed by atoms with van der Waals surface area (Å²) in [6.45, 7) is 8.52. The number of unbranched alkanes of at least 4 members (excludes halogenated alkanes) is 1. The second-order valence-corrected chi connectivity index (χ2v) is 6.12. The predicted octanol–water partition coefficient (Wildman–Crippen LogP) is 2.90. The predicted molar refractivity (Wildman–Crippen MR) is 93.7 cm³/mol. The molecule has 3 rings (SSSR count). The van der Waals surface area contributed by atoms with E-state index < -0.39 is 0 Å². The summed E-state index contributed by atoms with van der Waals surface area (Å²) in [6.07, 6.45) is 2.75. The summed E-state index contributed by atoms with van der Waals surface area (Å²) in [6, 6.07) is 8.28. The van der Waals surface area contributed by atoms with E-state index in [1.807, 2.05) is 11.0 Å². The van der Waals surface area contributed by atoms with Gasteiger partial charge in [-0.1, -0.05) is 25.5 Å². The Balaban J connectivity index is 1.71. The van der Waals surface area contributed by atoms with E-state index >= 15 is 0 Å². The van der Waals surface area contributed by atoms with Crippen molar-refractivity contribution in [3.05, 3.63) is 24.3 Å². The van der Waals surface area contributed by atoms with Crippen LogP contribution in [0.25, 0.3) is 11.0 Å². The number of carbonyl (C=O) groups is 1. The summed E-state index contributed by atoms with van der Waals surface area (Å²) >= 11 is 0. The third kappa shape index (κ3) is 3.19. The maximum absolute atomic E-state index is 12.2. The third-order valence-electron chi connectivity index (χ3n) is 4.61. The fraction of sp³-hybridized carbons (Fsp3) is 0.556. The van der Waals surface area contributed by atoms with Gasteiger partial charge in [0.15, 0.2) is 0 Å². The number of fused-ring (bicyclic) bond motifs is 1. The quantitative estimate of drug-likeness (QED) is 0.852. The number of anilines is 1. The van der Waals surface area contributed by atoms with Crippen LogP contribution in [0.3, 0.4) is 0 Å². The number of nitrogens with zero attached hydrogens (tertiary/aromatic N) is 4. The normalized spacial score (nSPS) is 15.4. The first-order valence-corrected chi connectivity index (χ1v) is 8.72. The van der Waals surface area contributed by atoms with Gasteiger partial charge in [0.1, 0.15) is 0 Å². The van der Waals surface area contributed by atoms with E-state index in [4.69, 9.17) is 4.98 Å². The van der Waals surface area contributed by atoms with E-state index in [1.165, 1.54) is 5.52 Å². The van der Waals surface area contributed by atoms with Crippen LogP contribution in [0.2, 0.25) is 0 Å². The number of imidazole rings is 1. The molecule has 0 N–H and O–H groups in total. The molecular formula is C18H26N4O. The van der Waals surface area contributed by atoms with E-state index in [2.05, 4.69) is 41.5 Å². The minimum Gasteiger partial charge on any atom is -0.339 e. The number of amides is 1. The van der Waals surface area contributed by atoms with Crippen molar-refractivity contribution >= 4 is 22.9 Å². The molecule has 0 unspecified atom stereocenters.